The van der Waals surface area contributed by atoms with E-state index >= 15 is 0 Å². The van der Waals surface area contributed by atoms with Crippen LogP contribution in [0.1, 0.15) is 22.5 Å². The van der Waals surface area contributed by atoms with Crippen molar-refractivity contribution in [2.45, 2.75) is 13.3 Å². The Morgan fingerprint density at radius 2 is 1.92 bits per heavy atom. The fourth-order valence-corrected chi connectivity index (χ4v) is 3.26. The highest BCUT2D eigenvalue weighted by Gasteiger charge is 2.21. The van der Waals surface area contributed by atoms with Crippen LogP contribution < -0.4 is 4.90 Å². The predicted octanol–water partition coefficient (Wildman–Crippen LogP) is 2.01. The van der Waals surface area contributed by atoms with Crippen molar-refractivity contribution in [2.75, 3.05) is 31.1 Å². The van der Waals surface area contributed by atoms with Gasteiger partial charge in [0.15, 0.2) is 0 Å². The highest BCUT2D eigenvalue weighted by atomic mass is 16.2. The van der Waals surface area contributed by atoms with Gasteiger partial charge in [0.1, 0.15) is 11.0 Å². The third-order valence-corrected chi connectivity index (χ3v) is 4.59. The van der Waals surface area contributed by atoms with Crippen molar-refractivity contribution in [1.29, 1.82) is 0 Å². The Kier molecular flexibility index (Phi) is 4.05. The van der Waals surface area contributed by atoms with Gasteiger partial charge in [-0.3, -0.25) is 9.78 Å². The van der Waals surface area contributed by atoms with E-state index in [4.69, 9.17) is 0 Å². The zero-order valence-electron chi connectivity index (χ0n) is 14.1. The number of aromatic nitrogens is 4. The molecule has 0 atom stereocenters. The van der Waals surface area contributed by atoms with E-state index in [0.717, 1.165) is 42.8 Å². The number of fused-ring (bicyclic) bond motifs is 1. The number of rotatable bonds is 2. The van der Waals surface area contributed by atoms with Crippen molar-refractivity contribution in [3.63, 3.8) is 0 Å². The van der Waals surface area contributed by atoms with Crippen LogP contribution in [0.15, 0.2) is 36.5 Å². The molecule has 1 amide bonds. The number of H-pyrrole nitrogens is 1. The first-order valence-electron chi connectivity index (χ1n) is 8.48. The van der Waals surface area contributed by atoms with E-state index in [0.29, 0.717) is 12.1 Å². The molecule has 0 aliphatic carbocycles. The second-order valence-electron chi connectivity index (χ2n) is 6.32. The molecule has 0 radical (unpaired) electrons. The van der Waals surface area contributed by atoms with Crippen LogP contribution in [0.25, 0.3) is 11.0 Å². The molecule has 0 bridgehead atoms. The molecular formula is C18H20N6O. The zero-order valence-corrected chi connectivity index (χ0v) is 14.1. The lowest BCUT2D eigenvalue weighted by Crippen LogP contribution is -2.35. The number of hydrogen-bond acceptors (Lipinski definition) is 5. The molecule has 1 fully saturated rings. The van der Waals surface area contributed by atoms with Crippen molar-refractivity contribution in [3.8, 4) is 0 Å². The summed E-state index contributed by atoms with van der Waals surface area (Å²) in [5, 5.41) is 10.7. The molecular weight excluding hydrogens is 316 g/mol. The van der Waals surface area contributed by atoms with Crippen LogP contribution >= 0.6 is 0 Å². The van der Waals surface area contributed by atoms with Gasteiger partial charge in [0.2, 0.25) is 0 Å². The Bertz CT molecular complexity index is 905. The van der Waals surface area contributed by atoms with Crippen molar-refractivity contribution >= 4 is 22.6 Å². The zero-order chi connectivity index (χ0) is 17.2. The first kappa shape index (κ1) is 15.6. The first-order chi connectivity index (χ1) is 12.2. The summed E-state index contributed by atoms with van der Waals surface area (Å²) in [5.74, 6) is 0.0534. The standard InChI is InChI=1S/C18H20N6O/c1-13-11-15(5-6-19-13)23-7-2-8-24(10-9-23)18(25)14-3-4-16-17(12-14)21-22-20-16/h3-6,11-12H,2,7-10H2,1H3,(H,20,21,22). The maximum absolute atomic E-state index is 12.9. The Morgan fingerprint density at radius 3 is 2.80 bits per heavy atom. The Labute approximate surface area is 145 Å². The number of nitrogens with one attached hydrogen (secondary N) is 1. The minimum atomic E-state index is 0.0534. The van der Waals surface area contributed by atoms with Gasteiger partial charge >= 0.3 is 0 Å². The van der Waals surface area contributed by atoms with E-state index in [1.54, 1.807) is 6.07 Å². The molecule has 128 valence electrons. The summed E-state index contributed by atoms with van der Waals surface area (Å²) in [7, 11) is 0. The minimum absolute atomic E-state index is 0.0534. The Morgan fingerprint density at radius 1 is 1.04 bits per heavy atom. The van der Waals surface area contributed by atoms with Crippen LogP contribution in [0.3, 0.4) is 0 Å². The lowest BCUT2D eigenvalue weighted by molar-refractivity contribution is 0.0767. The monoisotopic (exact) mass is 336 g/mol. The van der Waals surface area contributed by atoms with E-state index in [1.165, 1.54) is 5.69 Å². The number of nitrogens with zero attached hydrogens (tertiary/aromatic N) is 5. The number of pyridine rings is 1. The summed E-state index contributed by atoms with van der Waals surface area (Å²) in [6.45, 7) is 5.22. The van der Waals surface area contributed by atoms with E-state index < -0.39 is 0 Å². The number of anilines is 1. The van der Waals surface area contributed by atoms with E-state index in [-0.39, 0.29) is 5.91 Å². The van der Waals surface area contributed by atoms with Gasteiger partial charge in [-0.15, -0.1) is 0 Å². The summed E-state index contributed by atoms with van der Waals surface area (Å²) < 4.78 is 0. The maximum atomic E-state index is 12.9. The van der Waals surface area contributed by atoms with Crippen molar-refractivity contribution in [3.05, 3.63) is 47.8 Å². The summed E-state index contributed by atoms with van der Waals surface area (Å²) in [5.41, 5.74) is 4.33. The van der Waals surface area contributed by atoms with Crippen LogP contribution in [0, 0.1) is 6.92 Å². The average Bonchev–Trinajstić information content (AvgIpc) is 2.95. The summed E-state index contributed by atoms with van der Waals surface area (Å²) in [6.07, 6.45) is 2.78. The summed E-state index contributed by atoms with van der Waals surface area (Å²) in [4.78, 5) is 21.4. The molecule has 1 aromatic carbocycles. The van der Waals surface area contributed by atoms with Gasteiger partial charge in [0, 0.05) is 49.3 Å². The number of aryl methyl sites for hydroxylation is 1. The lowest BCUT2D eigenvalue weighted by atomic mass is 10.1. The smallest absolute Gasteiger partial charge is 0.253 e. The molecule has 3 heterocycles. The lowest BCUT2D eigenvalue weighted by Gasteiger charge is -2.24. The van der Waals surface area contributed by atoms with E-state index in [9.17, 15) is 4.79 Å². The van der Waals surface area contributed by atoms with E-state index in [1.807, 2.05) is 36.2 Å². The Balaban J connectivity index is 1.49. The van der Waals surface area contributed by atoms with Crippen molar-refractivity contribution in [1.82, 2.24) is 25.3 Å². The number of carbonyl (C=O) groups is 1. The number of carbonyl (C=O) groups excluding carboxylic acids is 1. The Hall–Kier alpha value is -2.96. The topological polar surface area (TPSA) is 78.0 Å². The molecule has 25 heavy (non-hydrogen) atoms. The normalized spacial score (nSPS) is 15.4. The minimum Gasteiger partial charge on any atom is -0.370 e. The molecule has 1 aliphatic heterocycles. The third-order valence-electron chi connectivity index (χ3n) is 4.59. The van der Waals surface area contributed by atoms with Crippen molar-refractivity contribution in [2.24, 2.45) is 0 Å². The largest absolute Gasteiger partial charge is 0.370 e. The van der Waals surface area contributed by atoms with Crippen LogP contribution in [-0.2, 0) is 0 Å². The fourth-order valence-electron chi connectivity index (χ4n) is 3.26. The van der Waals surface area contributed by atoms with Gasteiger partial charge in [-0.05, 0) is 43.7 Å². The fraction of sp³-hybridized carbons (Fsp3) is 0.333. The highest BCUT2D eigenvalue weighted by molar-refractivity contribution is 5.97. The molecule has 7 nitrogen and oxygen atoms in total. The quantitative estimate of drug-likeness (QED) is 0.774. The second-order valence-corrected chi connectivity index (χ2v) is 6.32. The molecule has 4 rings (SSSR count). The molecule has 3 aromatic rings. The third kappa shape index (κ3) is 3.17. The van der Waals surface area contributed by atoms with Gasteiger partial charge in [-0.1, -0.05) is 0 Å². The van der Waals surface area contributed by atoms with Crippen LogP contribution in [-0.4, -0.2) is 57.4 Å². The number of aromatic amines is 1. The number of benzene rings is 1. The molecule has 2 aromatic heterocycles. The van der Waals surface area contributed by atoms with Crippen molar-refractivity contribution < 1.29 is 4.79 Å². The van der Waals surface area contributed by atoms with Crippen LogP contribution in [0.4, 0.5) is 5.69 Å². The maximum Gasteiger partial charge on any atom is 0.253 e. The van der Waals surface area contributed by atoms with Crippen LogP contribution in [0.2, 0.25) is 0 Å². The SMILES string of the molecule is Cc1cc(N2CCCN(C(=O)c3ccc4n[nH]nc4c3)CC2)ccn1. The molecule has 1 saturated heterocycles. The molecule has 0 unspecified atom stereocenters. The second kappa shape index (κ2) is 6.51. The first-order valence-corrected chi connectivity index (χ1v) is 8.48. The summed E-state index contributed by atoms with van der Waals surface area (Å²) >= 11 is 0. The van der Waals surface area contributed by atoms with Gasteiger partial charge < -0.3 is 9.80 Å². The molecule has 1 aliphatic rings. The van der Waals surface area contributed by atoms with Gasteiger partial charge in [-0.25, -0.2) is 0 Å². The number of hydrogen-bond donors (Lipinski definition) is 1. The number of amides is 1. The molecule has 1 N–H and O–H groups in total. The molecule has 0 saturated carbocycles. The molecule has 0 spiro atoms. The highest BCUT2D eigenvalue weighted by Crippen LogP contribution is 2.18. The van der Waals surface area contributed by atoms with Crippen LogP contribution in [0.5, 0.6) is 0 Å². The predicted molar refractivity (Wildman–Crippen MR) is 95.6 cm³/mol. The average molecular weight is 336 g/mol. The molecule has 7 heteroatoms. The van der Waals surface area contributed by atoms with Gasteiger partial charge in [0.05, 0.1) is 0 Å². The van der Waals surface area contributed by atoms with E-state index in [2.05, 4.69) is 31.4 Å². The summed E-state index contributed by atoms with van der Waals surface area (Å²) in [6, 6.07) is 9.58. The van der Waals surface area contributed by atoms with Gasteiger partial charge in [0.25, 0.3) is 5.91 Å². The van der Waals surface area contributed by atoms with Gasteiger partial charge in [-0.2, -0.15) is 15.4 Å².